The largest absolute Gasteiger partial charge is 0.497 e. The third-order valence-electron chi connectivity index (χ3n) is 8.07. The number of carbonyl (C=O) groups excluding carboxylic acids is 1. The first-order valence-corrected chi connectivity index (χ1v) is 12.9. The van der Waals surface area contributed by atoms with Crippen molar-refractivity contribution >= 4 is 16.9 Å². The number of hydrogen-bond donors (Lipinski definition) is 1. The predicted molar refractivity (Wildman–Crippen MR) is 139 cm³/mol. The predicted octanol–water partition coefficient (Wildman–Crippen LogP) is 2.70. The van der Waals surface area contributed by atoms with E-state index in [-0.39, 0.29) is 28.3 Å². The van der Waals surface area contributed by atoms with E-state index in [0.29, 0.717) is 43.3 Å². The number of ether oxygens (including phenoxy) is 3. The number of pyridine rings is 2. The Morgan fingerprint density at radius 3 is 2.43 bits per heavy atom. The van der Waals surface area contributed by atoms with Crippen LogP contribution in [0, 0.1) is 5.92 Å². The van der Waals surface area contributed by atoms with E-state index in [9.17, 15) is 9.59 Å². The normalized spacial score (nSPS) is 22.7. The molecular weight excluding hydrogens is 472 g/mol. The van der Waals surface area contributed by atoms with E-state index in [1.54, 1.807) is 17.9 Å². The summed E-state index contributed by atoms with van der Waals surface area (Å²) in [5.74, 6) is 1.38. The number of amides is 1. The molecule has 3 saturated carbocycles. The van der Waals surface area contributed by atoms with Crippen LogP contribution in [0.25, 0.3) is 22.2 Å². The molecule has 1 aromatic carbocycles. The summed E-state index contributed by atoms with van der Waals surface area (Å²) in [6.07, 6.45) is 4.73. The van der Waals surface area contributed by atoms with E-state index in [4.69, 9.17) is 19.2 Å². The van der Waals surface area contributed by atoms with Crippen LogP contribution in [0.5, 0.6) is 11.5 Å². The average Bonchev–Trinajstić information content (AvgIpc) is 2.89. The molecule has 3 heterocycles. The minimum absolute atomic E-state index is 0.0513. The molecule has 1 aliphatic heterocycles. The van der Waals surface area contributed by atoms with Crippen molar-refractivity contribution in [1.29, 1.82) is 0 Å². The summed E-state index contributed by atoms with van der Waals surface area (Å²) in [4.78, 5) is 34.4. The molecule has 3 aliphatic carbocycles. The molecule has 2 aromatic heterocycles. The van der Waals surface area contributed by atoms with Gasteiger partial charge in [0.05, 0.1) is 32.8 Å². The first-order valence-electron chi connectivity index (χ1n) is 12.9. The molecule has 2 bridgehead atoms. The Balaban J connectivity index is 1.44. The molecular formula is C28H32N4O5. The van der Waals surface area contributed by atoms with Crippen LogP contribution in [-0.4, -0.2) is 73.0 Å². The number of fused-ring (bicyclic) bond motifs is 1. The van der Waals surface area contributed by atoms with Crippen LogP contribution in [0.15, 0.2) is 41.3 Å². The number of carbonyl (C=O) groups is 1. The first-order chi connectivity index (χ1) is 18.0. The van der Waals surface area contributed by atoms with Gasteiger partial charge >= 0.3 is 0 Å². The number of morpholine rings is 1. The van der Waals surface area contributed by atoms with Crippen LogP contribution in [0.1, 0.15) is 29.6 Å². The Kier molecular flexibility index (Phi) is 6.12. The van der Waals surface area contributed by atoms with Crippen molar-refractivity contribution in [2.24, 2.45) is 5.92 Å². The van der Waals surface area contributed by atoms with Gasteiger partial charge in [-0.3, -0.25) is 19.1 Å². The van der Waals surface area contributed by atoms with Gasteiger partial charge in [-0.1, -0.05) is 12.1 Å². The van der Waals surface area contributed by atoms with Gasteiger partial charge in [0.25, 0.3) is 11.5 Å². The Bertz CT molecular complexity index is 1380. The Morgan fingerprint density at radius 1 is 1.08 bits per heavy atom. The monoisotopic (exact) mass is 504 g/mol. The van der Waals surface area contributed by atoms with E-state index in [0.717, 1.165) is 49.2 Å². The number of nitrogens with zero attached hydrogens (tertiary/aromatic N) is 3. The molecule has 0 spiro atoms. The van der Waals surface area contributed by atoms with Gasteiger partial charge in [-0.2, -0.15) is 0 Å². The summed E-state index contributed by atoms with van der Waals surface area (Å²) in [5, 5.41) is 3.79. The number of nitrogens with one attached hydrogen (secondary N) is 1. The van der Waals surface area contributed by atoms with Crippen molar-refractivity contribution in [3.63, 3.8) is 0 Å². The molecule has 7 rings (SSSR count). The zero-order valence-corrected chi connectivity index (χ0v) is 21.3. The lowest BCUT2D eigenvalue weighted by Gasteiger charge is -2.61. The standard InChI is InChI=1S/C28H32N4O5/c1-35-21-5-3-19(4-6-21)20-13-22-24(36-2)23(26(33)30-28-14-18(15-28)16-28)27(34)32(25(22)29-17-20)8-7-31-9-11-37-12-10-31/h3-6,13,17-18H,7-12,14-16H2,1-2H3,(H,30,33). The van der Waals surface area contributed by atoms with Gasteiger partial charge in [0.15, 0.2) is 0 Å². The molecule has 1 amide bonds. The van der Waals surface area contributed by atoms with Crippen LogP contribution in [0.2, 0.25) is 0 Å². The zero-order valence-electron chi connectivity index (χ0n) is 21.3. The minimum atomic E-state index is -0.369. The lowest BCUT2D eigenvalue weighted by molar-refractivity contribution is -0.0439. The summed E-state index contributed by atoms with van der Waals surface area (Å²) in [5.41, 5.74) is 1.84. The van der Waals surface area contributed by atoms with Crippen molar-refractivity contribution in [2.75, 3.05) is 47.1 Å². The number of methoxy groups -OCH3 is 2. The third kappa shape index (κ3) is 4.26. The maximum Gasteiger partial charge on any atom is 0.268 e. The van der Waals surface area contributed by atoms with Crippen LogP contribution in [0.3, 0.4) is 0 Å². The molecule has 4 aliphatic rings. The molecule has 3 aromatic rings. The smallest absolute Gasteiger partial charge is 0.268 e. The van der Waals surface area contributed by atoms with Crippen molar-refractivity contribution in [2.45, 2.75) is 31.3 Å². The molecule has 37 heavy (non-hydrogen) atoms. The summed E-state index contributed by atoms with van der Waals surface area (Å²) >= 11 is 0. The highest BCUT2D eigenvalue weighted by Crippen LogP contribution is 2.57. The van der Waals surface area contributed by atoms with E-state index in [1.165, 1.54) is 7.11 Å². The highest BCUT2D eigenvalue weighted by molar-refractivity contribution is 6.03. The van der Waals surface area contributed by atoms with Gasteiger partial charge in [0, 0.05) is 43.5 Å². The maximum atomic E-state index is 13.8. The van der Waals surface area contributed by atoms with Gasteiger partial charge in [0.2, 0.25) is 0 Å². The molecule has 0 unspecified atom stereocenters. The van der Waals surface area contributed by atoms with Crippen molar-refractivity contribution in [3.05, 3.63) is 52.4 Å². The highest BCUT2D eigenvalue weighted by Gasteiger charge is 2.57. The molecule has 9 heteroatoms. The first kappa shape index (κ1) is 23.9. The van der Waals surface area contributed by atoms with E-state index in [1.807, 2.05) is 30.3 Å². The minimum Gasteiger partial charge on any atom is -0.497 e. The van der Waals surface area contributed by atoms with Crippen molar-refractivity contribution in [1.82, 2.24) is 19.8 Å². The lowest BCUT2D eigenvalue weighted by Crippen LogP contribution is -2.68. The molecule has 9 nitrogen and oxygen atoms in total. The Hall–Kier alpha value is -3.43. The van der Waals surface area contributed by atoms with Crippen LogP contribution < -0.4 is 20.3 Å². The number of benzene rings is 1. The fourth-order valence-corrected chi connectivity index (χ4v) is 5.86. The van der Waals surface area contributed by atoms with Gasteiger partial charge < -0.3 is 19.5 Å². The summed E-state index contributed by atoms with van der Waals surface area (Å²) < 4.78 is 18.1. The van der Waals surface area contributed by atoms with Crippen molar-refractivity contribution in [3.8, 4) is 22.6 Å². The SMILES string of the molecule is COc1ccc(-c2cnc3c(c2)c(OC)c(C(=O)NC24CC(C2)C4)c(=O)n3CCN2CCOCC2)cc1. The van der Waals surface area contributed by atoms with Crippen LogP contribution >= 0.6 is 0 Å². The quantitative estimate of drug-likeness (QED) is 0.504. The fraction of sp³-hybridized carbons (Fsp3) is 0.464. The number of hydrogen-bond acceptors (Lipinski definition) is 7. The van der Waals surface area contributed by atoms with E-state index in [2.05, 4.69) is 10.2 Å². The summed E-state index contributed by atoms with van der Waals surface area (Å²) in [6, 6.07) is 9.65. The topological polar surface area (TPSA) is 94.9 Å². The zero-order chi connectivity index (χ0) is 25.6. The number of rotatable bonds is 8. The molecule has 0 atom stereocenters. The van der Waals surface area contributed by atoms with Gasteiger partial charge in [0.1, 0.15) is 22.7 Å². The van der Waals surface area contributed by atoms with E-state index < -0.39 is 0 Å². The summed E-state index contributed by atoms with van der Waals surface area (Å²) in [7, 11) is 3.14. The summed E-state index contributed by atoms with van der Waals surface area (Å²) in [6.45, 7) is 4.07. The second kappa shape index (κ2) is 9.46. The Labute approximate surface area is 215 Å². The van der Waals surface area contributed by atoms with Gasteiger partial charge in [-0.25, -0.2) is 4.98 Å². The third-order valence-corrected chi connectivity index (χ3v) is 8.07. The molecule has 1 saturated heterocycles. The molecule has 4 fully saturated rings. The maximum absolute atomic E-state index is 13.8. The fourth-order valence-electron chi connectivity index (χ4n) is 5.86. The van der Waals surface area contributed by atoms with E-state index >= 15 is 0 Å². The highest BCUT2D eigenvalue weighted by atomic mass is 16.5. The molecule has 0 radical (unpaired) electrons. The van der Waals surface area contributed by atoms with Gasteiger partial charge in [-0.15, -0.1) is 0 Å². The second-order valence-corrected chi connectivity index (χ2v) is 10.4. The lowest BCUT2D eigenvalue weighted by atomic mass is 9.50. The number of aromatic nitrogens is 2. The second-order valence-electron chi connectivity index (χ2n) is 10.4. The Morgan fingerprint density at radius 2 is 1.81 bits per heavy atom. The van der Waals surface area contributed by atoms with Gasteiger partial charge in [-0.05, 0) is 48.9 Å². The van der Waals surface area contributed by atoms with Crippen molar-refractivity contribution < 1.29 is 19.0 Å². The van der Waals surface area contributed by atoms with Crippen LogP contribution in [-0.2, 0) is 11.3 Å². The average molecular weight is 505 g/mol. The molecule has 194 valence electrons. The molecule has 1 N–H and O–H groups in total. The van der Waals surface area contributed by atoms with Crippen LogP contribution in [0.4, 0.5) is 0 Å².